The first-order chi connectivity index (χ1) is 6.43. The van der Waals surface area contributed by atoms with Crippen molar-refractivity contribution in [2.75, 3.05) is 0 Å². The molecule has 6 heteroatoms. The number of aromatic nitrogens is 2. The van der Waals surface area contributed by atoms with E-state index in [4.69, 9.17) is 5.11 Å². The zero-order valence-corrected chi connectivity index (χ0v) is 7.79. The van der Waals surface area contributed by atoms with E-state index in [-0.39, 0.29) is 12.1 Å². The summed E-state index contributed by atoms with van der Waals surface area (Å²) in [5.41, 5.74) is 0.905. The Morgan fingerprint density at radius 2 is 2.14 bits per heavy atom. The molecule has 4 nitrogen and oxygen atoms in total. The topological polar surface area (TPSA) is 55.1 Å². The molecule has 0 saturated carbocycles. The van der Waals surface area contributed by atoms with E-state index < -0.39 is 12.5 Å². The van der Waals surface area contributed by atoms with Gasteiger partial charge in [-0.3, -0.25) is 4.79 Å². The standard InChI is InChI=1S/C8H10F2N2O2/c1-4-6(3-7(13)14)5(2)12(11-4)8(9)10/h8H,3H2,1-2H3,(H,13,14). The molecule has 0 atom stereocenters. The molecule has 0 saturated heterocycles. The lowest BCUT2D eigenvalue weighted by Gasteiger charge is -2.01. The maximum Gasteiger partial charge on any atom is 0.333 e. The Balaban J connectivity index is 3.11. The highest BCUT2D eigenvalue weighted by Crippen LogP contribution is 2.19. The van der Waals surface area contributed by atoms with Crippen molar-refractivity contribution in [1.82, 2.24) is 9.78 Å². The van der Waals surface area contributed by atoms with Crippen LogP contribution in [0.15, 0.2) is 0 Å². The van der Waals surface area contributed by atoms with Crippen LogP contribution in [0, 0.1) is 13.8 Å². The third-order valence-corrected chi connectivity index (χ3v) is 1.99. The van der Waals surface area contributed by atoms with Gasteiger partial charge in [0.1, 0.15) is 0 Å². The summed E-state index contributed by atoms with van der Waals surface area (Å²) < 4.78 is 25.2. The highest BCUT2D eigenvalue weighted by molar-refractivity contribution is 5.70. The van der Waals surface area contributed by atoms with Crippen molar-refractivity contribution in [3.8, 4) is 0 Å². The number of hydrogen-bond acceptors (Lipinski definition) is 2. The van der Waals surface area contributed by atoms with Crippen LogP contribution in [0.5, 0.6) is 0 Å². The number of hydrogen-bond donors (Lipinski definition) is 1. The van der Waals surface area contributed by atoms with E-state index in [1.54, 1.807) is 0 Å². The van der Waals surface area contributed by atoms with Gasteiger partial charge in [0.25, 0.3) is 0 Å². The normalized spacial score (nSPS) is 10.9. The monoisotopic (exact) mass is 204 g/mol. The fourth-order valence-electron chi connectivity index (χ4n) is 1.29. The average molecular weight is 204 g/mol. The number of aryl methyl sites for hydroxylation is 1. The van der Waals surface area contributed by atoms with Gasteiger partial charge < -0.3 is 5.11 Å². The molecular weight excluding hydrogens is 194 g/mol. The summed E-state index contributed by atoms with van der Waals surface area (Å²) in [4.78, 5) is 10.4. The fraction of sp³-hybridized carbons (Fsp3) is 0.500. The number of carboxylic acids is 1. The van der Waals surface area contributed by atoms with Crippen LogP contribution in [-0.4, -0.2) is 20.9 Å². The van der Waals surface area contributed by atoms with Crippen molar-refractivity contribution in [3.05, 3.63) is 17.0 Å². The molecule has 1 N–H and O–H groups in total. The van der Waals surface area contributed by atoms with Gasteiger partial charge in [0.15, 0.2) is 0 Å². The van der Waals surface area contributed by atoms with Crippen molar-refractivity contribution in [1.29, 1.82) is 0 Å². The Hall–Kier alpha value is -1.46. The average Bonchev–Trinajstić information content (AvgIpc) is 2.31. The third kappa shape index (κ3) is 1.89. The van der Waals surface area contributed by atoms with E-state index in [1.807, 2.05) is 0 Å². The molecule has 0 radical (unpaired) electrons. The first-order valence-electron chi connectivity index (χ1n) is 3.98. The van der Waals surface area contributed by atoms with Crippen molar-refractivity contribution >= 4 is 5.97 Å². The SMILES string of the molecule is Cc1nn(C(F)F)c(C)c1CC(=O)O. The van der Waals surface area contributed by atoms with Crippen molar-refractivity contribution < 1.29 is 18.7 Å². The molecule has 0 unspecified atom stereocenters. The molecule has 1 heterocycles. The maximum atomic E-state index is 12.3. The van der Waals surface area contributed by atoms with Gasteiger partial charge in [0, 0.05) is 11.3 Å². The number of aliphatic carboxylic acids is 1. The van der Waals surface area contributed by atoms with E-state index >= 15 is 0 Å². The summed E-state index contributed by atoms with van der Waals surface area (Å²) in [6, 6.07) is 0. The molecule has 1 aromatic heterocycles. The minimum atomic E-state index is -2.73. The Kier molecular flexibility index (Phi) is 2.83. The van der Waals surface area contributed by atoms with Crippen LogP contribution in [0.25, 0.3) is 0 Å². The van der Waals surface area contributed by atoms with E-state index in [0.29, 0.717) is 15.9 Å². The van der Waals surface area contributed by atoms with Gasteiger partial charge >= 0.3 is 12.5 Å². The van der Waals surface area contributed by atoms with Crippen molar-refractivity contribution in [2.45, 2.75) is 26.8 Å². The molecule has 0 spiro atoms. The Morgan fingerprint density at radius 3 is 2.50 bits per heavy atom. The van der Waals surface area contributed by atoms with Crippen LogP contribution < -0.4 is 0 Å². The van der Waals surface area contributed by atoms with E-state index in [9.17, 15) is 13.6 Å². The maximum absolute atomic E-state index is 12.3. The summed E-state index contributed by atoms with van der Waals surface area (Å²) in [5.74, 6) is -1.05. The number of carboxylic acid groups (broad SMARTS) is 1. The highest BCUT2D eigenvalue weighted by Gasteiger charge is 2.18. The van der Waals surface area contributed by atoms with Crippen LogP contribution in [0.2, 0.25) is 0 Å². The lowest BCUT2D eigenvalue weighted by Crippen LogP contribution is -2.05. The number of alkyl halides is 2. The highest BCUT2D eigenvalue weighted by atomic mass is 19.3. The predicted molar refractivity (Wildman–Crippen MR) is 44.3 cm³/mol. The predicted octanol–water partition coefficient (Wildman–Crippen LogP) is 1.52. The number of rotatable bonds is 3. The van der Waals surface area contributed by atoms with Crippen LogP contribution in [0.4, 0.5) is 8.78 Å². The van der Waals surface area contributed by atoms with Crippen LogP contribution in [-0.2, 0) is 11.2 Å². The van der Waals surface area contributed by atoms with Crippen LogP contribution in [0.1, 0.15) is 23.5 Å². The molecule has 0 aliphatic heterocycles. The first-order valence-corrected chi connectivity index (χ1v) is 3.98. The Labute approximate surface area is 79.2 Å². The van der Waals surface area contributed by atoms with Crippen molar-refractivity contribution in [3.63, 3.8) is 0 Å². The molecule has 1 aromatic rings. The minimum absolute atomic E-state index is 0.208. The van der Waals surface area contributed by atoms with Gasteiger partial charge in [-0.1, -0.05) is 0 Å². The number of nitrogens with zero attached hydrogens (tertiary/aromatic N) is 2. The van der Waals surface area contributed by atoms with Crippen LogP contribution >= 0.6 is 0 Å². The van der Waals surface area contributed by atoms with Gasteiger partial charge in [-0.15, -0.1) is 0 Å². The van der Waals surface area contributed by atoms with Gasteiger partial charge in [0.2, 0.25) is 0 Å². The summed E-state index contributed by atoms with van der Waals surface area (Å²) >= 11 is 0. The third-order valence-electron chi connectivity index (χ3n) is 1.99. The molecular formula is C8H10F2N2O2. The Morgan fingerprint density at radius 1 is 1.57 bits per heavy atom. The van der Waals surface area contributed by atoms with Gasteiger partial charge in [-0.25, -0.2) is 4.68 Å². The molecule has 1 rings (SSSR count). The van der Waals surface area contributed by atoms with Gasteiger partial charge in [0.05, 0.1) is 12.1 Å². The van der Waals surface area contributed by atoms with E-state index in [2.05, 4.69) is 5.10 Å². The largest absolute Gasteiger partial charge is 0.481 e. The van der Waals surface area contributed by atoms with Crippen molar-refractivity contribution in [2.24, 2.45) is 0 Å². The Bertz CT molecular complexity index is 360. The van der Waals surface area contributed by atoms with E-state index in [0.717, 1.165) is 0 Å². The molecule has 78 valence electrons. The summed E-state index contributed by atoms with van der Waals surface area (Å²) in [7, 11) is 0. The zero-order chi connectivity index (χ0) is 10.9. The molecule has 0 bridgehead atoms. The van der Waals surface area contributed by atoms with E-state index in [1.165, 1.54) is 13.8 Å². The first kappa shape index (κ1) is 10.6. The summed E-state index contributed by atoms with van der Waals surface area (Å²) in [6.45, 7) is 0.227. The smallest absolute Gasteiger partial charge is 0.333 e. The summed E-state index contributed by atoms with van der Waals surface area (Å²) in [5, 5.41) is 12.1. The molecule has 0 aromatic carbocycles. The second-order valence-corrected chi connectivity index (χ2v) is 2.94. The molecule has 0 aliphatic carbocycles. The quantitative estimate of drug-likeness (QED) is 0.812. The van der Waals surface area contributed by atoms with Gasteiger partial charge in [-0.05, 0) is 13.8 Å². The number of halogens is 2. The van der Waals surface area contributed by atoms with Crippen LogP contribution in [0.3, 0.4) is 0 Å². The lowest BCUT2D eigenvalue weighted by molar-refractivity contribution is -0.136. The molecule has 0 amide bonds. The van der Waals surface area contributed by atoms with Gasteiger partial charge in [-0.2, -0.15) is 13.9 Å². The lowest BCUT2D eigenvalue weighted by atomic mass is 10.1. The number of carbonyl (C=O) groups is 1. The second-order valence-electron chi connectivity index (χ2n) is 2.94. The zero-order valence-electron chi connectivity index (χ0n) is 7.79. The molecule has 0 fully saturated rings. The second kappa shape index (κ2) is 3.73. The minimum Gasteiger partial charge on any atom is -0.481 e. The summed E-state index contributed by atoms with van der Waals surface area (Å²) in [6.07, 6.45) is -0.273. The molecule has 0 aliphatic rings. The fourth-order valence-corrected chi connectivity index (χ4v) is 1.29. The molecule has 14 heavy (non-hydrogen) atoms.